The van der Waals surface area contributed by atoms with Gasteiger partial charge in [-0.3, -0.25) is 0 Å². The van der Waals surface area contributed by atoms with Crippen LogP contribution < -0.4 is 20.5 Å². The van der Waals surface area contributed by atoms with Crippen molar-refractivity contribution in [3.63, 3.8) is 0 Å². The number of methoxy groups -OCH3 is 2. The van der Waals surface area contributed by atoms with Gasteiger partial charge >= 0.3 is 0 Å². The monoisotopic (exact) mass is 286 g/mol. The average molecular weight is 286 g/mol. The molecule has 0 aliphatic heterocycles. The predicted octanol–water partition coefficient (Wildman–Crippen LogP) is 3.12. The van der Waals surface area contributed by atoms with Crippen LogP contribution in [0.2, 0.25) is 0 Å². The third kappa shape index (κ3) is 3.67. The van der Waals surface area contributed by atoms with Crippen molar-refractivity contribution < 1.29 is 9.47 Å². The Morgan fingerprint density at radius 2 is 1.76 bits per heavy atom. The highest BCUT2D eigenvalue weighted by molar-refractivity contribution is 5.49. The highest BCUT2D eigenvalue weighted by Gasteiger charge is 2.11. The molecule has 3 N–H and O–H groups in total. The first-order valence-corrected chi connectivity index (χ1v) is 6.93. The average Bonchev–Trinajstić information content (AvgIpc) is 2.53. The molecule has 112 valence electrons. The molecule has 1 unspecified atom stereocenters. The van der Waals surface area contributed by atoms with Crippen LogP contribution in [0.4, 0.5) is 5.69 Å². The standard InChI is InChI=1S/C17H22N2O2/c1-12-10-13(4-9-17(12)21-3)16(11-18)19-14-5-7-15(20-2)8-6-14/h4-10,16,19H,11,18H2,1-3H3. The molecule has 2 aromatic carbocycles. The maximum atomic E-state index is 5.91. The van der Waals surface area contributed by atoms with E-state index in [4.69, 9.17) is 15.2 Å². The number of rotatable bonds is 6. The first-order valence-electron chi connectivity index (χ1n) is 6.93. The van der Waals surface area contributed by atoms with Crippen LogP contribution in [-0.4, -0.2) is 20.8 Å². The SMILES string of the molecule is COc1ccc(NC(CN)c2ccc(OC)c(C)c2)cc1. The van der Waals surface area contributed by atoms with E-state index >= 15 is 0 Å². The molecule has 0 aliphatic carbocycles. The molecular formula is C17H22N2O2. The van der Waals surface area contributed by atoms with Gasteiger partial charge in [0.2, 0.25) is 0 Å². The Kier molecular flexibility index (Phi) is 5.06. The molecule has 2 aromatic rings. The van der Waals surface area contributed by atoms with Gasteiger partial charge in [0.25, 0.3) is 0 Å². The van der Waals surface area contributed by atoms with E-state index in [9.17, 15) is 0 Å². The maximum absolute atomic E-state index is 5.91. The number of anilines is 1. The van der Waals surface area contributed by atoms with Gasteiger partial charge in [0, 0.05) is 12.2 Å². The van der Waals surface area contributed by atoms with Crippen LogP contribution in [-0.2, 0) is 0 Å². The fourth-order valence-electron chi connectivity index (χ4n) is 2.29. The first-order chi connectivity index (χ1) is 10.2. The summed E-state index contributed by atoms with van der Waals surface area (Å²) in [6, 6.07) is 14.0. The van der Waals surface area contributed by atoms with Crippen molar-refractivity contribution in [2.75, 3.05) is 26.1 Å². The second-order valence-electron chi connectivity index (χ2n) is 4.89. The highest BCUT2D eigenvalue weighted by atomic mass is 16.5. The molecule has 0 spiro atoms. The molecule has 4 nitrogen and oxygen atoms in total. The summed E-state index contributed by atoms with van der Waals surface area (Å²) in [7, 11) is 3.34. The van der Waals surface area contributed by atoms with Gasteiger partial charge in [-0.1, -0.05) is 12.1 Å². The molecule has 0 aliphatic rings. The van der Waals surface area contributed by atoms with E-state index in [1.165, 1.54) is 0 Å². The van der Waals surface area contributed by atoms with Crippen molar-refractivity contribution in [2.24, 2.45) is 5.73 Å². The van der Waals surface area contributed by atoms with E-state index in [1.54, 1.807) is 14.2 Å². The summed E-state index contributed by atoms with van der Waals surface area (Å²) in [4.78, 5) is 0. The molecule has 0 radical (unpaired) electrons. The van der Waals surface area contributed by atoms with E-state index in [0.29, 0.717) is 6.54 Å². The minimum absolute atomic E-state index is 0.0583. The zero-order chi connectivity index (χ0) is 15.2. The van der Waals surface area contributed by atoms with Gasteiger partial charge in [-0.05, 0) is 48.4 Å². The van der Waals surface area contributed by atoms with Crippen LogP contribution in [0.15, 0.2) is 42.5 Å². The lowest BCUT2D eigenvalue weighted by Crippen LogP contribution is -2.20. The summed E-state index contributed by atoms with van der Waals surface area (Å²) in [5.41, 5.74) is 9.17. The molecule has 2 rings (SSSR count). The van der Waals surface area contributed by atoms with E-state index in [0.717, 1.165) is 28.3 Å². The summed E-state index contributed by atoms with van der Waals surface area (Å²) in [5, 5.41) is 3.44. The van der Waals surface area contributed by atoms with Gasteiger partial charge < -0.3 is 20.5 Å². The van der Waals surface area contributed by atoms with E-state index < -0.39 is 0 Å². The van der Waals surface area contributed by atoms with E-state index in [-0.39, 0.29) is 6.04 Å². The van der Waals surface area contributed by atoms with Crippen LogP contribution in [0.3, 0.4) is 0 Å². The Bertz CT molecular complexity index is 582. The van der Waals surface area contributed by atoms with Crippen molar-refractivity contribution in [3.8, 4) is 11.5 Å². The van der Waals surface area contributed by atoms with Crippen molar-refractivity contribution in [1.82, 2.24) is 0 Å². The summed E-state index contributed by atoms with van der Waals surface area (Å²) in [6.07, 6.45) is 0. The molecule has 1 atom stereocenters. The second kappa shape index (κ2) is 6.99. The fraction of sp³-hybridized carbons (Fsp3) is 0.294. The summed E-state index contributed by atoms with van der Waals surface area (Å²) < 4.78 is 10.5. The number of nitrogens with two attached hydrogens (primary N) is 1. The molecule has 0 amide bonds. The van der Waals surface area contributed by atoms with Gasteiger partial charge in [-0.15, -0.1) is 0 Å². The Labute approximate surface area is 125 Å². The van der Waals surface area contributed by atoms with Crippen LogP contribution in [0.1, 0.15) is 17.2 Å². The highest BCUT2D eigenvalue weighted by Crippen LogP contribution is 2.25. The molecule has 0 aromatic heterocycles. The molecule has 0 heterocycles. The largest absolute Gasteiger partial charge is 0.497 e. The van der Waals surface area contributed by atoms with Crippen LogP contribution in [0.25, 0.3) is 0 Å². The number of benzene rings is 2. The lowest BCUT2D eigenvalue weighted by atomic mass is 10.0. The van der Waals surface area contributed by atoms with Crippen molar-refractivity contribution in [1.29, 1.82) is 0 Å². The molecule has 0 saturated heterocycles. The Hall–Kier alpha value is -2.20. The molecule has 0 fully saturated rings. The van der Waals surface area contributed by atoms with E-state index in [1.807, 2.05) is 43.3 Å². The van der Waals surface area contributed by atoms with Gasteiger partial charge in [-0.2, -0.15) is 0 Å². The minimum Gasteiger partial charge on any atom is -0.497 e. The zero-order valence-corrected chi connectivity index (χ0v) is 12.7. The topological polar surface area (TPSA) is 56.5 Å². The van der Waals surface area contributed by atoms with Crippen molar-refractivity contribution in [3.05, 3.63) is 53.6 Å². The Morgan fingerprint density at radius 1 is 1.05 bits per heavy atom. The predicted molar refractivity (Wildman–Crippen MR) is 86.1 cm³/mol. The van der Waals surface area contributed by atoms with Gasteiger partial charge in [0.05, 0.1) is 20.3 Å². The third-order valence-corrected chi connectivity index (χ3v) is 3.49. The van der Waals surface area contributed by atoms with Crippen LogP contribution in [0, 0.1) is 6.92 Å². The Morgan fingerprint density at radius 3 is 2.29 bits per heavy atom. The normalized spacial score (nSPS) is 11.8. The Balaban J connectivity index is 2.16. The molecule has 4 heteroatoms. The number of nitrogens with one attached hydrogen (secondary N) is 1. The zero-order valence-electron chi connectivity index (χ0n) is 12.7. The third-order valence-electron chi connectivity index (χ3n) is 3.49. The van der Waals surface area contributed by atoms with Crippen LogP contribution in [0.5, 0.6) is 11.5 Å². The number of ether oxygens (including phenoxy) is 2. The molecule has 0 saturated carbocycles. The van der Waals surface area contributed by atoms with Crippen molar-refractivity contribution in [2.45, 2.75) is 13.0 Å². The van der Waals surface area contributed by atoms with Gasteiger partial charge in [-0.25, -0.2) is 0 Å². The van der Waals surface area contributed by atoms with Crippen LogP contribution >= 0.6 is 0 Å². The second-order valence-corrected chi connectivity index (χ2v) is 4.89. The summed E-state index contributed by atoms with van der Waals surface area (Å²) >= 11 is 0. The van der Waals surface area contributed by atoms with Gasteiger partial charge in [0.15, 0.2) is 0 Å². The quantitative estimate of drug-likeness (QED) is 0.856. The first kappa shape index (κ1) is 15.2. The molecular weight excluding hydrogens is 264 g/mol. The smallest absolute Gasteiger partial charge is 0.121 e. The lowest BCUT2D eigenvalue weighted by molar-refractivity contribution is 0.411. The minimum atomic E-state index is 0.0583. The van der Waals surface area contributed by atoms with Crippen molar-refractivity contribution >= 4 is 5.69 Å². The number of hydrogen-bond donors (Lipinski definition) is 2. The summed E-state index contributed by atoms with van der Waals surface area (Å²) in [6.45, 7) is 2.54. The number of hydrogen-bond acceptors (Lipinski definition) is 4. The van der Waals surface area contributed by atoms with E-state index in [2.05, 4.69) is 11.4 Å². The fourth-order valence-corrected chi connectivity index (χ4v) is 2.29. The summed E-state index contributed by atoms with van der Waals surface area (Å²) in [5.74, 6) is 1.73. The van der Waals surface area contributed by atoms with Gasteiger partial charge in [0.1, 0.15) is 11.5 Å². The number of aryl methyl sites for hydroxylation is 1. The molecule has 21 heavy (non-hydrogen) atoms. The lowest BCUT2D eigenvalue weighted by Gasteiger charge is -2.20. The maximum Gasteiger partial charge on any atom is 0.121 e. The molecule has 0 bridgehead atoms.